The van der Waals surface area contributed by atoms with Crippen LogP contribution < -0.4 is 18.6 Å². The van der Waals surface area contributed by atoms with Crippen molar-refractivity contribution < 1.29 is 16.9 Å². The van der Waals surface area contributed by atoms with Gasteiger partial charge in [0.15, 0.2) is 0 Å². The Morgan fingerprint density at radius 1 is 0.556 bits per heavy atom. The van der Waals surface area contributed by atoms with E-state index in [1.165, 1.54) is 102 Å². The zero-order valence-electron chi connectivity index (χ0n) is 24.0. The van der Waals surface area contributed by atoms with Crippen LogP contribution in [0.3, 0.4) is 0 Å². The summed E-state index contributed by atoms with van der Waals surface area (Å²) in [6.07, 6.45) is 20.1. The van der Waals surface area contributed by atoms with Crippen LogP contribution in [0.5, 0.6) is 0 Å². The second-order valence-corrected chi connectivity index (χ2v) is 10.3. The summed E-state index contributed by atoms with van der Waals surface area (Å²) in [6.45, 7) is 5.96. The van der Waals surface area contributed by atoms with Crippen molar-refractivity contribution in [3.8, 4) is 0 Å². The van der Waals surface area contributed by atoms with Gasteiger partial charge in [-0.05, 0) is 19.8 Å². The fourth-order valence-corrected chi connectivity index (χ4v) is 4.43. The summed E-state index contributed by atoms with van der Waals surface area (Å²) in [5.41, 5.74) is 1.47. The summed E-state index contributed by atoms with van der Waals surface area (Å²) >= 11 is 0. The molecule has 210 valence electrons. The minimum atomic E-state index is 0. The van der Waals surface area contributed by atoms with Crippen molar-refractivity contribution in [2.45, 2.75) is 110 Å². The summed E-state index contributed by atoms with van der Waals surface area (Å²) in [5.74, 6) is 0. The Bertz CT molecular complexity index is 623. The van der Waals surface area contributed by atoms with E-state index in [9.17, 15) is 0 Å². The van der Waals surface area contributed by atoms with E-state index >= 15 is 0 Å². The van der Waals surface area contributed by atoms with Gasteiger partial charge in [-0.3, -0.25) is 0 Å². The molecule has 36 heavy (non-hydrogen) atoms. The van der Waals surface area contributed by atoms with Gasteiger partial charge in [-0.1, -0.05) is 151 Å². The Labute approximate surface area is 237 Å². The zero-order valence-corrected chi connectivity index (χ0v) is 25.5. The summed E-state index contributed by atoms with van der Waals surface area (Å²) in [7, 11) is 4.78. The number of hydrogen-bond donors (Lipinski definition) is 1. The highest BCUT2D eigenvalue weighted by atomic mass is 35.5. The van der Waals surface area contributed by atoms with Crippen LogP contribution in [0.25, 0.3) is 0 Å². The molecule has 0 saturated heterocycles. The molecule has 4 heteroatoms. The number of rotatable bonds is 17. The van der Waals surface area contributed by atoms with Crippen molar-refractivity contribution in [3.63, 3.8) is 0 Å². The Balaban J connectivity index is -0.00000106. The third-order valence-corrected chi connectivity index (χ3v) is 7.09. The average molecular weight is 542 g/mol. The minimum absolute atomic E-state index is 0. The van der Waals surface area contributed by atoms with Gasteiger partial charge in [0, 0.05) is 5.56 Å². The summed E-state index contributed by atoms with van der Waals surface area (Å²) in [6, 6.07) is 23.6. The van der Waals surface area contributed by atoms with E-state index in [-0.39, 0.29) is 31.0 Å². The van der Waals surface area contributed by atoms with E-state index in [1.807, 2.05) is 36.4 Å². The van der Waals surface area contributed by atoms with Gasteiger partial charge in [0.2, 0.25) is 0 Å². The molecular formula is C32H58Cl2N2. The molecule has 1 atom stereocenters. The molecule has 0 heterocycles. The molecule has 2 aromatic rings. The molecule has 0 radical (unpaired) electrons. The number of unbranched alkanes of at least 4 members (excludes halogenated alkanes) is 13. The molecule has 0 fully saturated rings. The van der Waals surface area contributed by atoms with Gasteiger partial charge in [0.05, 0.1) is 20.6 Å². The van der Waals surface area contributed by atoms with Crippen LogP contribution in [0, 0.1) is 0 Å². The number of quaternary nitrogens is 1. The number of halogens is 2. The van der Waals surface area contributed by atoms with Crippen LogP contribution in [-0.4, -0.2) is 25.1 Å². The highest BCUT2D eigenvalue weighted by Gasteiger charge is 2.24. The Hall–Kier alpha value is -1.06. The first kappa shape index (κ1) is 39.5. The van der Waals surface area contributed by atoms with Crippen LogP contribution in [-0.2, 0) is 0 Å². The molecule has 0 aliphatic carbocycles. The van der Waals surface area contributed by atoms with Crippen LogP contribution in [0.2, 0.25) is 0 Å². The highest BCUT2D eigenvalue weighted by molar-refractivity contribution is 5.85. The van der Waals surface area contributed by atoms with Crippen molar-refractivity contribution in [1.29, 1.82) is 0 Å². The lowest BCUT2D eigenvalue weighted by Gasteiger charge is -2.36. The molecule has 2 aromatic carbocycles. The number of nitrogens with zero attached hydrogens (tertiary/aromatic N) is 1. The molecule has 0 aliphatic rings. The molecule has 1 unspecified atom stereocenters. The Morgan fingerprint density at radius 2 is 0.861 bits per heavy atom. The molecule has 0 bridgehead atoms. The zero-order chi connectivity index (χ0) is 24.0. The van der Waals surface area contributed by atoms with Gasteiger partial charge in [-0.15, -0.1) is 12.4 Å². The van der Waals surface area contributed by atoms with Crippen molar-refractivity contribution in [3.05, 3.63) is 72.3 Å². The third kappa shape index (κ3) is 21.1. The predicted molar refractivity (Wildman–Crippen MR) is 161 cm³/mol. The van der Waals surface area contributed by atoms with E-state index in [1.54, 1.807) is 0 Å². The lowest BCUT2D eigenvalue weighted by atomic mass is 10.0. The van der Waals surface area contributed by atoms with Crippen LogP contribution in [0.1, 0.15) is 115 Å². The first-order valence-electron chi connectivity index (χ1n) is 14.0. The summed E-state index contributed by atoms with van der Waals surface area (Å²) < 4.78 is 1.10. The van der Waals surface area contributed by atoms with E-state index in [4.69, 9.17) is 0 Å². The van der Waals surface area contributed by atoms with Gasteiger partial charge in [0.1, 0.15) is 6.04 Å². The predicted octanol–water partition coefficient (Wildman–Crippen LogP) is 7.58. The normalized spacial score (nSPS) is 11.1. The summed E-state index contributed by atoms with van der Waals surface area (Å²) in [4.78, 5) is 0. The molecule has 2 rings (SSSR count). The highest BCUT2D eigenvalue weighted by Crippen LogP contribution is 2.25. The maximum atomic E-state index is 2.39. The molecule has 0 aliphatic heterocycles. The second kappa shape index (κ2) is 27.0. The van der Waals surface area contributed by atoms with Crippen LogP contribution >= 0.6 is 12.4 Å². The maximum Gasteiger partial charge on any atom is 0.111 e. The van der Waals surface area contributed by atoms with E-state index in [0.29, 0.717) is 6.04 Å². The topological polar surface area (TPSA) is 35.0 Å². The van der Waals surface area contributed by atoms with Crippen LogP contribution in [0.15, 0.2) is 66.7 Å². The van der Waals surface area contributed by atoms with Crippen molar-refractivity contribution >= 4 is 12.4 Å². The maximum absolute atomic E-state index is 2.39. The van der Waals surface area contributed by atoms with Gasteiger partial charge in [-0.25, -0.2) is 0 Å². The molecular weight excluding hydrogens is 483 g/mol. The van der Waals surface area contributed by atoms with E-state index in [2.05, 4.69) is 58.3 Å². The molecule has 0 saturated carbocycles. The molecule has 3 N–H and O–H groups in total. The standard InChI is InChI=1S/C26H48N.C6H6.2ClH.H3N/c1-5-6-7-8-9-10-11-12-13-14-15-16-17-21-24-27(3,4)25(2)26-22-19-18-20-23-26;1-2-4-6-5-3-1;;;/h18-20,22-23,25H,5-17,21,24H2,1-4H3;1-6H;2*1H;1H3/q+1;;;;/p-1. The van der Waals surface area contributed by atoms with Gasteiger partial charge in [-0.2, -0.15) is 0 Å². The Kier molecular flexibility index (Phi) is 29.6. The first-order chi connectivity index (χ1) is 16.1. The minimum Gasteiger partial charge on any atom is -1.00 e. The molecule has 0 amide bonds. The van der Waals surface area contributed by atoms with Crippen LogP contribution in [0.4, 0.5) is 0 Å². The second-order valence-electron chi connectivity index (χ2n) is 10.3. The largest absolute Gasteiger partial charge is 1.00 e. The van der Waals surface area contributed by atoms with E-state index in [0.717, 1.165) is 4.48 Å². The fourth-order valence-electron chi connectivity index (χ4n) is 4.43. The fraction of sp³-hybridized carbons (Fsp3) is 0.625. The van der Waals surface area contributed by atoms with Gasteiger partial charge < -0.3 is 23.0 Å². The number of hydrogen-bond acceptors (Lipinski definition) is 1. The number of benzene rings is 2. The molecule has 0 spiro atoms. The van der Waals surface area contributed by atoms with Crippen molar-refractivity contribution in [2.24, 2.45) is 0 Å². The average Bonchev–Trinajstić information content (AvgIpc) is 2.85. The van der Waals surface area contributed by atoms with E-state index < -0.39 is 0 Å². The molecule has 2 nitrogen and oxygen atoms in total. The summed E-state index contributed by atoms with van der Waals surface area (Å²) in [5, 5.41) is 0. The third-order valence-electron chi connectivity index (χ3n) is 7.09. The monoisotopic (exact) mass is 540 g/mol. The van der Waals surface area contributed by atoms with Crippen molar-refractivity contribution in [1.82, 2.24) is 6.15 Å². The molecule has 0 aromatic heterocycles. The quantitative estimate of drug-likeness (QED) is 0.163. The smallest absolute Gasteiger partial charge is 0.111 e. The van der Waals surface area contributed by atoms with Gasteiger partial charge in [0.25, 0.3) is 0 Å². The van der Waals surface area contributed by atoms with Crippen molar-refractivity contribution in [2.75, 3.05) is 20.6 Å². The first-order valence-corrected chi connectivity index (χ1v) is 14.0. The van der Waals surface area contributed by atoms with Gasteiger partial charge >= 0.3 is 0 Å². The lowest BCUT2D eigenvalue weighted by molar-refractivity contribution is -0.919. The lowest BCUT2D eigenvalue weighted by Crippen LogP contribution is -3.00. The Morgan fingerprint density at radius 3 is 1.22 bits per heavy atom. The SMILES string of the molecule is CCCCCCCCCCCCCCCC[N+](C)(C)C(C)c1ccccc1.Cl.N.[Cl-].c1ccccc1.